The third kappa shape index (κ3) is 4.63. The normalized spacial score (nSPS) is 15.5. The molecule has 2 aromatic carbocycles. The number of aryl methyl sites for hydroxylation is 1. The van der Waals surface area contributed by atoms with Gasteiger partial charge in [0.1, 0.15) is 11.6 Å². The van der Waals surface area contributed by atoms with E-state index in [0.29, 0.717) is 16.9 Å². The molecule has 0 atom stereocenters. The highest BCUT2D eigenvalue weighted by Crippen LogP contribution is 2.35. The standard InChI is InChI=1S/C28H29FN4O2/c1-18-23(16-26(34)35)27(32-13-11-28(2,3)12-14-32)33-25(30-18)17-24(31-33)21-6-4-5-20(15-21)19-7-9-22(29)10-8-19/h4-10,15,17H,11-14,16H2,1-3H3,(H,34,35). The summed E-state index contributed by atoms with van der Waals surface area (Å²) in [5, 5.41) is 14.5. The number of halogens is 1. The number of carboxylic acid groups (broad SMARTS) is 1. The van der Waals surface area contributed by atoms with E-state index in [1.54, 1.807) is 12.1 Å². The van der Waals surface area contributed by atoms with E-state index in [-0.39, 0.29) is 17.7 Å². The molecule has 6 nitrogen and oxygen atoms in total. The molecule has 1 aliphatic rings. The monoisotopic (exact) mass is 472 g/mol. The maximum atomic E-state index is 13.4. The van der Waals surface area contributed by atoms with Crippen molar-refractivity contribution in [2.24, 2.45) is 5.41 Å². The minimum absolute atomic E-state index is 0.0980. The molecule has 1 N–H and O–H groups in total. The van der Waals surface area contributed by atoms with Gasteiger partial charge in [0.15, 0.2) is 5.65 Å². The maximum absolute atomic E-state index is 13.4. The lowest BCUT2D eigenvalue weighted by molar-refractivity contribution is -0.136. The predicted molar refractivity (Wildman–Crippen MR) is 135 cm³/mol. The van der Waals surface area contributed by atoms with E-state index in [2.05, 4.69) is 18.7 Å². The van der Waals surface area contributed by atoms with Crippen LogP contribution in [0.2, 0.25) is 0 Å². The Bertz CT molecular complexity index is 1400. The van der Waals surface area contributed by atoms with Crippen LogP contribution in [-0.4, -0.2) is 38.8 Å². The number of rotatable bonds is 5. The van der Waals surface area contributed by atoms with Crippen LogP contribution >= 0.6 is 0 Å². The molecule has 1 aliphatic heterocycles. The van der Waals surface area contributed by atoms with Gasteiger partial charge in [-0.25, -0.2) is 9.37 Å². The lowest BCUT2D eigenvalue weighted by Gasteiger charge is -2.38. The number of aromatic nitrogens is 3. The number of hydrogen-bond donors (Lipinski definition) is 1. The highest BCUT2D eigenvalue weighted by Gasteiger charge is 2.29. The van der Waals surface area contributed by atoms with E-state index >= 15 is 0 Å². The summed E-state index contributed by atoms with van der Waals surface area (Å²) in [4.78, 5) is 18.7. The first kappa shape index (κ1) is 23.0. The Labute approximate surface area is 204 Å². The van der Waals surface area contributed by atoms with Gasteiger partial charge in [-0.3, -0.25) is 4.79 Å². The van der Waals surface area contributed by atoms with Gasteiger partial charge in [-0.15, -0.1) is 0 Å². The lowest BCUT2D eigenvalue weighted by atomic mass is 9.82. The molecule has 180 valence electrons. The zero-order chi connectivity index (χ0) is 24.7. The number of carbonyl (C=O) groups is 1. The molecule has 0 saturated carbocycles. The molecule has 0 aliphatic carbocycles. The number of anilines is 1. The predicted octanol–water partition coefficient (Wildman–Crippen LogP) is 5.76. The second kappa shape index (κ2) is 8.80. The largest absolute Gasteiger partial charge is 0.481 e. The molecule has 35 heavy (non-hydrogen) atoms. The first-order valence-electron chi connectivity index (χ1n) is 11.9. The van der Waals surface area contributed by atoms with Crippen molar-refractivity contribution in [1.82, 2.24) is 14.6 Å². The molecule has 4 aromatic rings. The van der Waals surface area contributed by atoms with Crippen LogP contribution in [0.3, 0.4) is 0 Å². The molecule has 1 fully saturated rings. The van der Waals surface area contributed by atoms with Gasteiger partial charge < -0.3 is 10.0 Å². The van der Waals surface area contributed by atoms with Crippen LogP contribution in [0.1, 0.15) is 37.9 Å². The number of aliphatic carboxylic acids is 1. The van der Waals surface area contributed by atoms with Crippen LogP contribution in [0.15, 0.2) is 54.6 Å². The Morgan fingerprint density at radius 2 is 1.71 bits per heavy atom. The molecule has 0 bridgehead atoms. The van der Waals surface area contributed by atoms with Gasteiger partial charge in [0.25, 0.3) is 0 Å². The lowest BCUT2D eigenvalue weighted by Crippen LogP contribution is -2.39. The Balaban J connectivity index is 1.61. The van der Waals surface area contributed by atoms with Crippen molar-refractivity contribution in [1.29, 1.82) is 0 Å². The fraction of sp³-hybridized carbons (Fsp3) is 0.321. The van der Waals surface area contributed by atoms with Gasteiger partial charge in [0.05, 0.1) is 12.1 Å². The van der Waals surface area contributed by atoms with Gasteiger partial charge in [0.2, 0.25) is 0 Å². The topological polar surface area (TPSA) is 70.7 Å². The van der Waals surface area contributed by atoms with Gasteiger partial charge in [0, 0.05) is 36.0 Å². The van der Waals surface area contributed by atoms with Crippen molar-refractivity contribution in [3.8, 4) is 22.4 Å². The Kier molecular flexibility index (Phi) is 5.79. The van der Waals surface area contributed by atoms with Crippen LogP contribution in [0.5, 0.6) is 0 Å². The first-order chi connectivity index (χ1) is 16.7. The summed E-state index contributed by atoms with van der Waals surface area (Å²) in [7, 11) is 0. The molecule has 5 rings (SSSR count). The number of carboxylic acids is 1. The summed E-state index contributed by atoms with van der Waals surface area (Å²) >= 11 is 0. The van der Waals surface area contributed by atoms with Crippen LogP contribution in [0.25, 0.3) is 28.0 Å². The zero-order valence-electron chi connectivity index (χ0n) is 20.3. The number of nitrogens with zero attached hydrogens (tertiary/aromatic N) is 4. The third-order valence-corrected chi connectivity index (χ3v) is 6.96. The van der Waals surface area contributed by atoms with E-state index in [1.165, 1.54) is 12.1 Å². The quantitative estimate of drug-likeness (QED) is 0.400. The van der Waals surface area contributed by atoms with Gasteiger partial charge >= 0.3 is 5.97 Å². The molecule has 2 aromatic heterocycles. The SMILES string of the molecule is Cc1nc2cc(-c3cccc(-c4ccc(F)cc4)c3)nn2c(N2CCC(C)(C)CC2)c1CC(=O)O. The van der Waals surface area contributed by atoms with E-state index in [1.807, 2.05) is 41.8 Å². The van der Waals surface area contributed by atoms with Crippen molar-refractivity contribution in [3.63, 3.8) is 0 Å². The van der Waals surface area contributed by atoms with Gasteiger partial charge in [-0.05, 0) is 54.5 Å². The van der Waals surface area contributed by atoms with E-state index in [0.717, 1.165) is 54.1 Å². The molecular weight excluding hydrogens is 443 g/mol. The van der Waals surface area contributed by atoms with E-state index in [9.17, 15) is 14.3 Å². The maximum Gasteiger partial charge on any atom is 0.308 e. The summed E-state index contributed by atoms with van der Waals surface area (Å²) in [6, 6.07) is 16.3. The summed E-state index contributed by atoms with van der Waals surface area (Å²) in [6.07, 6.45) is 1.95. The van der Waals surface area contributed by atoms with Crippen LogP contribution in [0.4, 0.5) is 10.2 Å². The average Bonchev–Trinajstić information content (AvgIpc) is 3.24. The van der Waals surface area contributed by atoms with Crippen LogP contribution < -0.4 is 4.90 Å². The van der Waals surface area contributed by atoms with Crippen molar-refractivity contribution in [2.75, 3.05) is 18.0 Å². The molecule has 0 radical (unpaired) electrons. The van der Waals surface area contributed by atoms with Crippen molar-refractivity contribution in [2.45, 2.75) is 40.0 Å². The summed E-state index contributed by atoms with van der Waals surface area (Å²) in [6.45, 7) is 8.10. The average molecular weight is 473 g/mol. The minimum Gasteiger partial charge on any atom is -0.481 e. The van der Waals surface area contributed by atoms with Crippen LogP contribution in [0, 0.1) is 18.2 Å². The van der Waals surface area contributed by atoms with Crippen LogP contribution in [-0.2, 0) is 11.2 Å². The van der Waals surface area contributed by atoms with E-state index in [4.69, 9.17) is 10.1 Å². The molecule has 1 saturated heterocycles. The molecular formula is C28H29FN4O2. The molecule has 0 amide bonds. The molecule has 7 heteroatoms. The number of benzene rings is 2. The van der Waals surface area contributed by atoms with Gasteiger partial charge in [-0.1, -0.05) is 44.2 Å². The Hall–Kier alpha value is -3.74. The van der Waals surface area contributed by atoms with Crippen molar-refractivity contribution >= 4 is 17.4 Å². The highest BCUT2D eigenvalue weighted by molar-refractivity contribution is 5.76. The summed E-state index contributed by atoms with van der Waals surface area (Å²) in [5.74, 6) is -0.323. The second-order valence-corrected chi connectivity index (χ2v) is 10.1. The number of piperidine rings is 1. The number of hydrogen-bond acceptors (Lipinski definition) is 4. The summed E-state index contributed by atoms with van der Waals surface area (Å²) in [5.41, 5.74) is 5.94. The Morgan fingerprint density at radius 1 is 1.03 bits per heavy atom. The fourth-order valence-electron chi connectivity index (χ4n) is 4.78. The van der Waals surface area contributed by atoms with Crippen molar-refractivity contribution in [3.05, 3.63) is 71.7 Å². The zero-order valence-corrected chi connectivity index (χ0v) is 20.3. The van der Waals surface area contributed by atoms with Gasteiger partial charge in [-0.2, -0.15) is 9.61 Å². The summed E-state index contributed by atoms with van der Waals surface area (Å²) < 4.78 is 15.2. The first-order valence-corrected chi connectivity index (χ1v) is 11.9. The molecule has 0 spiro atoms. The fourth-order valence-corrected chi connectivity index (χ4v) is 4.78. The Morgan fingerprint density at radius 3 is 2.40 bits per heavy atom. The third-order valence-electron chi connectivity index (χ3n) is 6.96. The van der Waals surface area contributed by atoms with E-state index < -0.39 is 5.97 Å². The highest BCUT2D eigenvalue weighted by atomic mass is 19.1. The second-order valence-electron chi connectivity index (χ2n) is 10.1. The molecule has 3 heterocycles. The number of fused-ring (bicyclic) bond motifs is 1. The molecule has 0 unspecified atom stereocenters. The smallest absolute Gasteiger partial charge is 0.308 e. The van der Waals surface area contributed by atoms with Crippen molar-refractivity contribution < 1.29 is 14.3 Å². The minimum atomic E-state index is -0.882.